The van der Waals surface area contributed by atoms with Gasteiger partial charge in [-0.15, -0.1) is 0 Å². The van der Waals surface area contributed by atoms with Crippen LogP contribution >= 0.6 is 0 Å². The van der Waals surface area contributed by atoms with Gasteiger partial charge in [0.2, 0.25) is 0 Å². The van der Waals surface area contributed by atoms with Crippen molar-refractivity contribution >= 4 is 15.9 Å². The lowest BCUT2D eigenvalue weighted by Gasteiger charge is -2.21. The monoisotopic (exact) mass is 382 g/mol. The van der Waals surface area contributed by atoms with Gasteiger partial charge >= 0.3 is 0 Å². The molecule has 0 aliphatic carbocycles. The van der Waals surface area contributed by atoms with Crippen molar-refractivity contribution in [2.24, 2.45) is 11.7 Å². The van der Waals surface area contributed by atoms with E-state index in [4.69, 9.17) is 5.73 Å². The van der Waals surface area contributed by atoms with E-state index in [0.29, 0.717) is 12.8 Å². The summed E-state index contributed by atoms with van der Waals surface area (Å²) in [6.45, 7) is 11.9. The highest BCUT2D eigenvalue weighted by molar-refractivity contribution is 7.90. The summed E-state index contributed by atoms with van der Waals surface area (Å²) in [6, 6.07) is 2.99. The zero-order valence-electron chi connectivity index (χ0n) is 16.9. The van der Waals surface area contributed by atoms with Crippen molar-refractivity contribution in [3.63, 3.8) is 0 Å². The Hall–Kier alpha value is -1.40. The Labute approximate surface area is 158 Å². The van der Waals surface area contributed by atoms with Crippen LogP contribution < -0.4 is 10.5 Å². The molecular weight excluding hydrogens is 348 g/mol. The van der Waals surface area contributed by atoms with Crippen LogP contribution in [0.1, 0.15) is 76.5 Å². The van der Waals surface area contributed by atoms with E-state index in [2.05, 4.69) is 4.72 Å². The molecule has 1 aromatic rings. The lowest BCUT2D eigenvalue weighted by atomic mass is 9.93. The minimum absolute atomic E-state index is 0.0801. The van der Waals surface area contributed by atoms with E-state index in [-0.39, 0.29) is 16.7 Å². The third kappa shape index (κ3) is 5.81. The minimum atomic E-state index is -3.98. The average Bonchev–Trinajstić information content (AvgIpc) is 2.52. The number of hydrogen-bond acceptors (Lipinski definition) is 4. The Bertz CT molecular complexity index is 727. The molecule has 0 saturated heterocycles. The van der Waals surface area contributed by atoms with E-state index in [0.717, 1.165) is 29.5 Å². The van der Waals surface area contributed by atoms with Crippen LogP contribution in [0.15, 0.2) is 17.0 Å². The van der Waals surface area contributed by atoms with Crippen LogP contribution in [0.4, 0.5) is 0 Å². The highest BCUT2D eigenvalue weighted by atomic mass is 32.2. The second-order valence-electron chi connectivity index (χ2n) is 7.61. The van der Waals surface area contributed by atoms with Crippen LogP contribution in [0.2, 0.25) is 0 Å². The van der Waals surface area contributed by atoms with Gasteiger partial charge in [0.25, 0.3) is 15.9 Å². The smallest absolute Gasteiger partial charge is 0.264 e. The number of benzene rings is 1. The fourth-order valence-electron chi connectivity index (χ4n) is 3.12. The maximum atomic E-state index is 13.1. The lowest BCUT2D eigenvalue weighted by molar-refractivity contribution is -0.120. The topological polar surface area (TPSA) is 89.3 Å². The Morgan fingerprint density at radius 1 is 1.19 bits per heavy atom. The van der Waals surface area contributed by atoms with Gasteiger partial charge in [-0.2, -0.15) is 0 Å². The maximum absolute atomic E-state index is 13.1. The molecule has 0 aliphatic rings. The highest BCUT2D eigenvalue weighted by Gasteiger charge is 2.28. The molecule has 0 saturated carbocycles. The molecule has 1 rings (SSSR count). The van der Waals surface area contributed by atoms with E-state index in [1.54, 1.807) is 0 Å². The fraction of sp³-hybridized carbons (Fsp3) is 0.650. The molecule has 1 amide bonds. The minimum Gasteiger partial charge on any atom is -0.320 e. The summed E-state index contributed by atoms with van der Waals surface area (Å²) in [7, 11) is -3.98. The molecular formula is C20H34N2O3S. The Morgan fingerprint density at radius 2 is 1.81 bits per heavy atom. The Balaban J connectivity index is 3.39. The number of sulfonamides is 1. The van der Waals surface area contributed by atoms with Crippen molar-refractivity contribution in [1.29, 1.82) is 0 Å². The summed E-state index contributed by atoms with van der Waals surface area (Å²) in [5.41, 5.74) is 8.44. The van der Waals surface area contributed by atoms with E-state index in [1.165, 1.54) is 0 Å². The third-order valence-electron chi connectivity index (χ3n) is 4.57. The second kappa shape index (κ2) is 9.51. The number of carbonyl (C=O) groups is 1. The summed E-state index contributed by atoms with van der Waals surface area (Å²) in [5.74, 6) is -0.350. The fourth-order valence-corrected chi connectivity index (χ4v) is 4.72. The van der Waals surface area contributed by atoms with E-state index >= 15 is 0 Å². The van der Waals surface area contributed by atoms with Crippen LogP contribution in [-0.2, 0) is 21.2 Å². The standard InChI is InChI=1S/C20H34N2O3S/c1-7-9-16-11-14(5)12-17(15(6)8-2)19(16)26(24,25)22-20(23)18(21)10-13(3)4/h11-13,15,18H,7-10,21H2,1-6H3,(H,22,23)/t15?,18-/m0/s1. The van der Waals surface area contributed by atoms with Crippen molar-refractivity contribution in [1.82, 2.24) is 4.72 Å². The van der Waals surface area contributed by atoms with Crippen molar-refractivity contribution in [3.05, 3.63) is 28.8 Å². The number of aryl methyl sites for hydroxylation is 2. The van der Waals surface area contributed by atoms with Gasteiger partial charge < -0.3 is 5.73 Å². The van der Waals surface area contributed by atoms with Gasteiger partial charge in [-0.1, -0.05) is 58.7 Å². The van der Waals surface area contributed by atoms with Crippen molar-refractivity contribution in [2.45, 2.75) is 84.1 Å². The molecule has 6 heteroatoms. The number of hydrogen-bond donors (Lipinski definition) is 2. The summed E-state index contributed by atoms with van der Waals surface area (Å²) in [6.07, 6.45) is 2.73. The number of carbonyl (C=O) groups excluding carboxylic acids is 1. The maximum Gasteiger partial charge on any atom is 0.264 e. The van der Waals surface area contributed by atoms with Gasteiger partial charge in [0.15, 0.2) is 0 Å². The molecule has 0 aliphatic heterocycles. The third-order valence-corrected chi connectivity index (χ3v) is 6.07. The van der Waals surface area contributed by atoms with Crippen LogP contribution in [0.3, 0.4) is 0 Å². The predicted octanol–water partition coefficient (Wildman–Crippen LogP) is 3.64. The summed E-state index contributed by atoms with van der Waals surface area (Å²) in [4.78, 5) is 12.6. The molecule has 3 N–H and O–H groups in total. The second-order valence-corrected chi connectivity index (χ2v) is 9.23. The molecule has 5 nitrogen and oxygen atoms in total. The first-order chi connectivity index (χ1) is 12.0. The molecule has 1 unspecified atom stereocenters. The van der Waals surface area contributed by atoms with Crippen LogP contribution in [0.5, 0.6) is 0 Å². The van der Waals surface area contributed by atoms with E-state index in [1.807, 2.05) is 53.7 Å². The normalized spacial score (nSPS) is 14.3. The molecule has 148 valence electrons. The van der Waals surface area contributed by atoms with Gasteiger partial charge in [-0.3, -0.25) is 4.79 Å². The van der Waals surface area contributed by atoms with Crippen molar-refractivity contribution in [3.8, 4) is 0 Å². The molecule has 0 bridgehead atoms. The van der Waals surface area contributed by atoms with Gasteiger partial charge in [0.05, 0.1) is 10.9 Å². The number of nitrogens with two attached hydrogens (primary N) is 1. The SMILES string of the molecule is CCCc1cc(C)cc(C(C)CC)c1S(=O)(=O)NC(=O)[C@@H](N)CC(C)C. The molecule has 0 radical (unpaired) electrons. The number of nitrogens with one attached hydrogen (secondary N) is 1. The van der Waals surface area contributed by atoms with Crippen molar-refractivity contribution in [2.75, 3.05) is 0 Å². The number of rotatable bonds is 9. The first kappa shape index (κ1) is 22.6. The molecule has 26 heavy (non-hydrogen) atoms. The van der Waals surface area contributed by atoms with Crippen LogP contribution in [0.25, 0.3) is 0 Å². The zero-order chi connectivity index (χ0) is 20.1. The van der Waals surface area contributed by atoms with Gasteiger partial charge in [0.1, 0.15) is 0 Å². The summed E-state index contributed by atoms with van der Waals surface area (Å²) < 4.78 is 28.4. The Morgan fingerprint density at radius 3 is 2.31 bits per heavy atom. The van der Waals surface area contributed by atoms with Gasteiger partial charge in [-0.25, -0.2) is 13.1 Å². The Kier molecular flexibility index (Phi) is 8.28. The van der Waals surface area contributed by atoms with Gasteiger partial charge in [0, 0.05) is 0 Å². The molecule has 0 fully saturated rings. The molecule has 1 aromatic carbocycles. The lowest BCUT2D eigenvalue weighted by Crippen LogP contribution is -2.44. The first-order valence-corrected chi connectivity index (χ1v) is 11.0. The van der Waals surface area contributed by atoms with Crippen molar-refractivity contribution < 1.29 is 13.2 Å². The predicted molar refractivity (Wildman–Crippen MR) is 107 cm³/mol. The summed E-state index contributed by atoms with van der Waals surface area (Å²) >= 11 is 0. The largest absolute Gasteiger partial charge is 0.320 e. The van der Waals surface area contributed by atoms with E-state index < -0.39 is 22.0 Å². The van der Waals surface area contributed by atoms with E-state index in [9.17, 15) is 13.2 Å². The number of amides is 1. The molecule has 0 spiro atoms. The first-order valence-electron chi connectivity index (χ1n) is 9.49. The van der Waals surface area contributed by atoms with Crippen LogP contribution in [0, 0.1) is 12.8 Å². The molecule has 0 aromatic heterocycles. The molecule has 2 atom stereocenters. The highest BCUT2D eigenvalue weighted by Crippen LogP contribution is 2.31. The molecule has 0 heterocycles. The van der Waals surface area contributed by atoms with Crippen LogP contribution in [-0.4, -0.2) is 20.4 Å². The zero-order valence-corrected chi connectivity index (χ0v) is 17.7. The van der Waals surface area contributed by atoms with Gasteiger partial charge in [-0.05, 0) is 49.1 Å². The quantitative estimate of drug-likeness (QED) is 0.682. The average molecular weight is 383 g/mol. The summed E-state index contributed by atoms with van der Waals surface area (Å²) in [5, 5.41) is 0.